The molecule has 2 aliphatic rings. The van der Waals surface area contributed by atoms with Crippen LogP contribution in [-0.2, 0) is 4.79 Å². The first-order valence-corrected chi connectivity index (χ1v) is 9.10. The average Bonchev–Trinajstić information content (AvgIpc) is 2.58. The van der Waals surface area contributed by atoms with E-state index in [2.05, 4.69) is 15.5 Å². The van der Waals surface area contributed by atoms with E-state index in [0.29, 0.717) is 23.0 Å². The third kappa shape index (κ3) is 3.85. The standard InChI is InChI=1S/C18H26ClN3O2/c1-24-16-6-5-14(19)11-15(16)21-17(23)12-22-10-9-20-13-18(22)7-3-2-4-8-18/h5-6,11,20H,2-4,7-10,12-13H2,1H3,(H,21,23). The zero-order valence-corrected chi connectivity index (χ0v) is 15.0. The summed E-state index contributed by atoms with van der Waals surface area (Å²) in [6.45, 7) is 3.26. The molecule has 0 bridgehead atoms. The molecule has 6 heteroatoms. The fourth-order valence-corrected chi connectivity index (χ4v) is 4.15. The second kappa shape index (κ2) is 7.72. The summed E-state index contributed by atoms with van der Waals surface area (Å²) in [5.41, 5.74) is 0.773. The van der Waals surface area contributed by atoms with Crippen molar-refractivity contribution in [1.29, 1.82) is 0 Å². The van der Waals surface area contributed by atoms with E-state index in [1.54, 1.807) is 25.3 Å². The van der Waals surface area contributed by atoms with Crippen molar-refractivity contribution in [3.8, 4) is 5.75 Å². The molecule has 2 N–H and O–H groups in total. The number of carbonyl (C=O) groups is 1. The smallest absolute Gasteiger partial charge is 0.238 e. The van der Waals surface area contributed by atoms with Gasteiger partial charge >= 0.3 is 0 Å². The van der Waals surface area contributed by atoms with Crippen molar-refractivity contribution in [2.24, 2.45) is 0 Å². The van der Waals surface area contributed by atoms with Gasteiger partial charge in [0.25, 0.3) is 0 Å². The maximum Gasteiger partial charge on any atom is 0.238 e. The number of amides is 1. The lowest BCUT2D eigenvalue weighted by Crippen LogP contribution is -2.63. The third-order valence-electron chi connectivity index (χ3n) is 5.24. The topological polar surface area (TPSA) is 53.6 Å². The molecule has 1 aromatic carbocycles. The van der Waals surface area contributed by atoms with Gasteiger partial charge in [-0.25, -0.2) is 0 Å². The van der Waals surface area contributed by atoms with E-state index in [1.807, 2.05) is 0 Å². The number of anilines is 1. The first kappa shape index (κ1) is 17.5. The van der Waals surface area contributed by atoms with Crippen LogP contribution in [0.1, 0.15) is 32.1 Å². The molecule has 3 rings (SSSR count). The largest absolute Gasteiger partial charge is 0.495 e. The summed E-state index contributed by atoms with van der Waals surface area (Å²) < 4.78 is 5.30. The Bertz CT molecular complexity index is 579. The van der Waals surface area contributed by atoms with Crippen molar-refractivity contribution in [3.05, 3.63) is 23.2 Å². The van der Waals surface area contributed by atoms with Crippen molar-refractivity contribution in [2.75, 3.05) is 38.6 Å². The van der Waals surface area contributed by atoms with Gasteiger partial charge in [-0.15, -0.1) is 0 Å². The monoisotopic (exact) mass is 351 g/mol. The second-order valence-electron chi connectivity index (χ2n) is 6.78. The molecule has 132 valence electrons. The summed E-state index contributed by atoms with van der Waals surface area (Å²) in [5.74, 6) is 0.614. The van der Waals surface area contributed by atoms with Gasteiger partial charge in [-0.05, 0) is 31.0 Å². The predicted molar refractivity (Wildman–Crippen MR) is 96.9 cm³/mol. The van der Waals surface area contributed by atoms with Gasteiger partial charge in [0.1, 0.15) is 5.75 Å². The van der Waals surface area contributed by atoms with Crippen LogP contribution >= 0.6 is 11.6 Å². The van der Waals surface area contributed by atoms with Gasteiger partial charge in [-0.1, -0.05) is 30.9 Å². The van der Waals surface area contributed by atoms with Gasteiger partial charge in [-0.2, -0.15) is 0 Å². The number of ether oxygens (including phenoxy) is 1. The van der Waals surface area contributed by atoms with Gasteiger partial charge in [0, 0.05) is 30.2 Å². The molecular weight excluding hydrogens is 326 g/mol. The third-order valence-corrected chi connectivity index (χ3v) is 5.47. The van der Waals surface area contributed by atoms with Crippen LogP contribution in [-0.4, -0.2) is 49.6 Å². The van der Waals surface area contributed by atoms with E-state index < -0.39 is 0 Å². The Morgan fingerprint density at radius 2 is 2.17 bits per heavy atom. The summed E-state index contributed by atoms with van der Waals surface area (Å²) in [4.78, 5) is 15.0. The van der Waals surface area contributed by atoms with E-state index in [0.717, 1.165) is 19.6 Å². The Labute approximate surface area is 148 Å². The minimum absolute atomic E-state index is 0.0117. The molecule has 1 heterocycles. The molecule has 5 nitrogen and oxygen atoms in total. The van der Waals surface area contributed by atoms with Gasteiger partial charge < -0.3 is 15.4 Å². The molecule has 1 spiro atoms. The normalized spacial score (nSPS) is 20.8. The van der Waals surface area contributed by atoms with Crippen LogP contribution in [0.25, 0.3) is 0 Å². The lowest BCUT2D eigenvalue weighted by molar-refractivity contribution is -0.120. The fourth-order valence-electron chi connectivity index (χ4n) is 3.97. The fraction of sp³-hybridized carbons (Fsp3) is 0.611. The van der Waals surface area contributed by atoms with Gasteiger partial charge in [-0.3, -0.25) is 9.69 Å². The van der Waals surface area contributed by atoms with Crippen LogP contribution in [0.2, 0.25) is 5.02 Å². The Hall–Kier alpha value is -1.30. The first-order chi connectivity index (χ1) is 11.6. The Morgan fingerprint density at radius 1 is 1.38 bits per heavy atom. The number of carbonyl (C=O) groups excluding carboxylic acids is 1. The molecule has 1 amide bonds. The SMILES string of the molecule is COc1ccc(Cl)cc1NC(=O)CN1CCNCC12CCCCC2. The number of methoxy groups -OCH3 is 1. The van der Waals surface area contributed by atoms with Crippen LogP contribution in [0.3, 0.4) is 0 Å². The summed E-state index contributed by atoms with van der Waals surface area (Å²) in [7, 11) is 1.59. The maximum absolute atomic E-state index is 12.6. The number of benzene rings is 1. The quantitative estimate of drug-likeness (QED) is 0.875. The van der Waals surface area contributed by atoms with E-state index in [9.17, 15) is 4.79 Å². The zero-order chi connectivity index (χ0) is 17.0. The minimum atomic E-state index is -0.0117. The first-order valence-electron chi connectivity index (χ1n) is 8.72. The van der Waals surface area contributed by atoms with E-state index in [4.69, 9.17) is 16.3 Å². The molecule has 0 radical (unpaired) electrons. The number of hydrogen-bond donors (Lipinski definition) is 2. The lowest BCUT2D eigenvalue weighted by atomic mass is 9.79. The van der Waals surface area contributed by atoms with Crippen molar-refractivity contribution >= 4 is 23.2 Å². The number of halogens is 1. The van der Waals surface area contributed by atoms with Gasteiger partial charge in [0.2, 0.25) is 5.91 Å². The summed E-state index contributed by atoms with van der Waals surface area (Å²) >= 11 is 6.04. The second-order valence-corrected chi connectivity index (χ2v) is 7.21. The molecule has 1 saturated carbocycles. The average molecular weight is 352 g/mol. The highest BCUT2D eigenvalue weighted by molar-refractivity contribution is 6.31. The van der Waals surface area contributed by atoms with Crippen molar-refractivity contribution < 1.29 is 9.53 Å². The highest BCUT2D eigenvalue weighted by atomic mass is 35.5. The number of nitrogens with zero attached hydrogens (tertiary/aromatic N) is 1. The van der Waals surface area contributed by atoms with Crippen LogP contribution in [0.4, 0.5) is 5.69 Å². The van der Waals surface area contributed by atoms with Crippen LogP contribution < -0.4 is 15.4 Å². The number of rotatable bonds is 4. The van der Waals surface area contributed by atoms with Gasteiger partial charge in [0.15, 0.2) is 0 Å². The molecule has 0 atom stereocenters. The molecule has 1 aliphatic carbocycles. The van der Waals surface area contributed by atoms with Crippen molar-refractivity contribution in [1.82, 2.24) is 10.2 Å². The van der Waals surface area contributed by atoms with Crippen LogP contribution in [0, 0.1) is 0 Å². The molecule has 2 fully saturated rings. The minimum Gasteiger partial charge on any atom is -0.495 e. The highest BCUT2D eigenvalue weighted by Gasteiger charge is 2.40. The molecule has 1 saturated heterocycles. The predicted octanol–water partition coefficient (Wildman–Crippen LogP) is 2.90. The van der Waals surface area contributed by atoms with Gasteiger partial charge in [0.05, 0.1) is 19.3 Å². The number of piperazine rings is 1. The highest BCUT2D eigenvalue weighted by Crippen LogP contribution is 2.34. The van der Waals surface area contributed by atoms with Crippen molar-refractivity contribution in [2.45, 2.75) is 37.6 Å². The lowest BCUT2D eigenvalue weighted by Gasteiger charge is -2.49. The zero-order valence-electron chi connectivity index (χ0n) is 14.2. The van der Waals surface area contributed by atoms with E-state index in [-0.39, 0.29) is 11.4 Å². The molecule has 1 aliphatic heterocycles. The summed E-state index contributed by atoms with van der Waals surface area (Å²) in [5, 5.41) is 7.05. The Kier molecular flexibility index (Phi) is 5.64. The Balaban J connectivity index is 1.68. The summed E-state index contributed by atoms with van der Waals surface area (Å²) in [6.07, 6.45) is 6.16. The number of hydrogen-bond acceptors (Lipinski definition) is 4. The molecular formula is C18H26ClN3O2. The van der Waals surface area contributed by atoms with Crippen LogP contribution in [0.15, 0.2) is 18.2 Å². The van der Waals surface area contributed by atoms with E-state index >= 15 is 0 Å². The van der Waals surface area contributed by atoms with Crippen LogP contribution in [0.5, 0.6) is 5.75 Å². The van der Waals surface area contributed by atoms with Crippen molar-refractivity contribution in [3.63, 3.8) is 0 Å². The van der Waals surface area contributed by atoms with E-state index in [1.165, 1.54) is 32.1 Å². The number of nitrogens with one attached hydrogen (secondary N) is 2. The summed E-state index contributed by atoms with van der Waals surface area (Å²) in [6, 6.07) is 5.25. The maximum atomic E-state index is 12.6. The molecule has 24 heavy (non-hydrogen) atoms. The Morgan fingerprint density at radius 3 is 2.92 bits per heavy atom. The molecule has 0 aromatic heterocycles. The molecule has 1 aromatic rings. The molecule has 0 unspecified atom stereocenters.